The number of benzene rings is 2. The van der Waals surface area contributed by atoms with Gasteiger partial charge in [-0.15, -0.1) is 0 Å². The largest absolute Gasteiger partial charge is 0.484 e. The van der Waals surface area contributed by atoms with E-state index < -0.39 is 21.5 Å². The van der Waals surface area contributed by atoms with Crippen LogP contribution in [0.25, 0.3) is 10.9 Å². The molecule has 45 heavy (non-hydrogen) atoms. The molecule has 1 aromatic heterocycles. The Hall–Kier alpha value is -4.05. The molecule has 3 aromatic rings. The summed E-state index contributed by atoms with van der Waals surface area (Å²) in [7, 11) is -2.30. The van der Waals surface area contributed by atoms with Gasteiger partial charge in [0.25, 0.3) is 22.0 Å². The molecular weight excluding hydrogens is 602 g/mol. The number of methoxy groups -OCH3 is 1. The van der Waals surface area contributed by atoms with E-state index in [1.165, 1.54) is 0 Å². The Labute approximate surface area is 262 Å². The molecule has 4 N–H and O–H groups in total. The molecule has 0 saturated carbocycles. The average Bonchev–Trinajstić information content (AvgIpc) is 3.40. The fourth-order valence-corrected chi connectivity index (χ4v) is 6.66. The molecule has 2 aromatic carbocycles. The molecular formula is C30H39N7O7S. The van der Waals surface area contributed by atoms with Gasteiger partial charge in [0.1, 0.15) is 11.4 Å². The predicted molar refractivity (Wildman–Crippen MR) is 166 cm³/mol. The predicted octanol–water partition coefficient (Wildman–Crippen LogP) is 0.278. The van der Waals surface area contributed by atoms with E-state index in [-0.39, 0.29) is 70.7 Å². The van der Waals surface area contributed by atoms with E-state index in [0.29, 0.717) is 41.8 Å². The van der Waals surface area contributed by atoms with Crippen molar-refractivity contribution in [3.63, 3.8) is 0 Å². The number of hydrogen-bond donors (Lipinski definition) is 3. The van der Waals surface area contributed by atoms with Crippen molar-refractivity contribution >= 4 is 38.8 Å². The summed E-state index contributed by atoms with van der Waals surface area (Å²) in [5.41, 5.74) is 0.608. The maximum absolute atomic E-state index is 14.6. The van der Waals surface area contributed by atoms with Gasteiger partial charge >= 0.3 is 0 Å². The van der Waals surface area contributed by atoms with Gasteiger partial charge in [0.05, 0.1) is 17.5 Å². The molecule has 2 aliphatic rings. The maximum atomic E-state index is 14.6. The number of rotatable bonds is 6. The standard InChI is InChI=1S/C30H39N7O7S/c1-43-17-5-10-30(29(40)35-13-15-36(16-14-35)45(31,41)42)19-22-6-4-7-23(18-22)44-20-26(38)32-11-12-37-27(28(39)33-21-30)24-8-2-3-9-25(24)34-37/h2-4,6-9,18H,5,10-17,19-21H2,1H3,(H,32,38)(H,33,39)(H2,31,41,42). The van der Waals surface area contributed by atoms with Gasteiger partial charge in [-0.1, -0.05) is 30.3 Å². The fraction of sp³-hybridized carbons (Fsp3) is 0.467. The number of aromatic nitrogens is 2. The first-order valence-electron chi connectivity index (χ1n) is 14.9. The smallest absolute Gasteiger partial charge is 0.277 e. The minimum Gasteiger partial charge on any atom is -0.484 e. The quantitative estimate of drug-likeness (QED) is 0.321. The van der Waals surface area contributed by atoms with Crippen LogP contribution in [-0.4, -0.2) is 105 Å². The van der Waals surface area contributed by atoms with Crippen LogP contribution < -0.4 is 20.5 Å². The van der Waals surface area contributed by atoms with E-state index in [9.17, 15) is 22.8 Å². The van der Waals surface area contributed by atoms with Crippen molar-refractivity contribution < 1.29 is 32.3 Å². The molecule has 1 atom stereocenters. The zero-order valence-corrected chi connectivity index (χ0v) is 26.1. The molecule has 3 heterocycles. The van der Waals surface area contributed by atoms with Gasteiger partial charge in [-0.2, -0.15) is 17.8 Å². The van der Waals surface area contributed by atoms with E-state index in [0.717, 1.165) is 9.87 Å². The van der Waals surface area contributed by atoms with Crippen molar-refractivity contribution in [3.8, 4) is 5.75 Å². The molecule has 1 fully saturated rings. The van der Waals surface area contributed by atoms with E-state index >= 15 is 0 Å². The lowest BCUT2D eigenvalue weighted by atomic mass is 9.75. The number of carbonyl (C=O) groups is 3. The van der Waals surface area contributed by atoms with E-state index in [4.69, 9.17) is 14.6 Å². The number of hydrogen-bond acceptors (Lipinski definition) is 8. The number of carbonyl (C=O) groups excluding carboxylic acids is 3. The Morgan fingerprint density at radius 2 is 1.84 bits per heavy atom. The van der Waals surface area contributed by atoms with Gasteiger partial charge in [-0.3, -0.25) is 19.1 Å². The first-order valence-corrected chi connectivity index (χ1v) is 16.4. The van der Waals surface area contributed by atoms with Crippen LogP contribution in [0.1, 0.15) is 28.9 Å². The molecule has 14 nitrogen and oxygen atoms in total. The number of piperazine rings is 1. The Morgan fingerprint density at radius 3 is 2.60 bits per heavy atom. The third-order valence-electron chi connectivity index (χ3n) is 8.25. The maximum Gasteiger partial charge on any atom is 0.277 e. The van der Waals surface area contributed by atoms with Gasteiger partial charge < -0.3 is 25.0 Å². The molecule has 2 aliphatic heterocycles. The van der Waals surface area contributed by atoms with Crippen LogP contribution in [0, 0.1) is 5.41 Å². The van der Waals surface area contributed by atoms with Crippen LogP contribution in [0.4, 0.5) is 0 Å². The number of amides is 3. The summed E-state index contributed by atoms with van der Waals surface area (Å²) in [6.07, 6.45) is 1.16. The summed E-state index contributed by atoms with van der Waals surface area (Å²) in [5.74, 6) is -0.461. The molecule has 15 heteroatoms. The Bertz CT molecular complexity index is 1650. The topological polar surface area (TPSA) is 178 Å². The molecule has 0 aliphatic carbocycles. The molecule has 0 spiro atoms. The lowest BCUT2D eigenvalue weighted by molar-refractivity contribution is -0.144. The summed E-state index contributed by atoms with van der Waals surface area (Å²) in [5, 5.41) is 16.5. The van der Waals surface area contributed by atoms with E-state index in [1.54, 1.807) is 34.9 Å². The van der Waals surface area contributed by atoms with Crippen LogP contribution >= 0.6 is 0 Å². The molecule has 1 unspecified atom stereocenters. The monoisotopic (exact) mass is 641 g/mol. The minimum atomic E-state index is -3.89. The van der Waals surface area contributed by atoms with E-state index in [1.807, 2.05) is 30.3 Å². The molecule has 5 rings (SSSR count). The van der Waals surface area contributed by atoms with Crippen molar-refractivity contribution in [2.45, 2.75) is 25.8 Å². The van der Waals surface area contributed by atoms with Crippen molar-refractivity contribution in [1.82, 2.24) is 29.6 Å². The summed E-state index contributed by atoms with van der Waals surface area (Å²) < 4.78 is 37.7. The second-order valence-electron chi connectivity index (χ2n) is 11.3. The Balaban J connectivity index is 1.54. The van der Waals surface area contributed by atoms with Gasteiger partial charge in [0, 0.05) is 58.4 Å². The van der Waals surface area contributed by atoms with Gasteiger partial charge in [0.2, 0.25) is 5.91 Å². The van der Waals surface area contributed by atoms with Gasteiger partial charge in [0.15, 0.2) is 6.61 Å². The van der Waals surface area contributed by atoms with Crippen LogP contribution in [0.15, 0.2) is 48.5 Å². The van der Waals surface area contributed by atoms with Crippen molar-refractivity contribution in [2.75, 3.05) is 59.6 Å². The van der Waals surface area contributed by atoms with Gasteiger partial charge in [-0.05, 0) is 43.0 Å². The molecule has 242 valence electrons. The summed E-state index contributed by atoms with van der Waals surface area (Å²) in [6.45, 7) is 1.12. The number of nitrogens with one attached hydrogen (secondary N) is 2. The zero-order chi connectivity index (χ0) is 32.0. The Morgan fingerprint density at radius 1 is 1.07 bits per heavy atom. The first-order chi connectivity index (χ1) is 21.6. The highest BCUT2D eigenvalue weighted by Crippen LogP contribution is 2.33. The molecule has 3 amide bonds. The third-order valence-corrected chi connectivity index (χ3v) is 9.33. The first kappa shape index (κ1) is 32.3. The molecule has 0 radical (unpaired) electrons. The average molecular weight is 642 g/mol. The second kappa shape index (κ2) is 13.9. The number of nitrogens with zero attached hydrogens (tertiary/aromatic N) is 4. The molecule has 2 bridgehead atoms. The minimum absolute atomic E-state index is 0.00507. The third kappa shape index (κ3) is 7.61. The van der Waals surface area contributed by atoms with Crippen molar-refractivity contribution in [1.29, 1.82) is 0 Å². The summed E-state index contributed by atoms with van der Waals surface area (Å²) >= 11 is 0. The fourth-order valence-electron chi connectivity index (χ4n) is 5.99. The zero-order valence-electron chi connectivity index (χ0n) is 25.2. The van der Waals surface area contributed by atoms with E-state index in [2.05, 4.69) is 15.7 Å². The summed E-state index contributed by atoms with van der Waals surface area (Å²) in [4.78, 5) is 42.7. The van der Waals surface area contributed by atoms with Crippen LogP contribution in [0.5, 0.6) is 5.75 Å². The normalized spacial score (nSPS) is 20.6. The number of ether oxygens (including phenoxy) is 2. The number of fused-ring (bicyclic) bond motifs is 5. The van der Waals surface area contributed by atoms with Crippen molar-refractivity contribution in [3.05, 3.63) is 59.8 Å². The molecule has 1 saturated heterocycles. The van der Waals surface area contributed by atoms with Crippen LogP contribution in [0.2, 0.25) is 0 Å². The Kier molecular flexibility index (Phi) is 10.0. The van der Waals surface area contributed by atoms with Crippen LogP contribution in [0.3, 0.4) is 0 Å². The lowest BCUT2D eigenvalue weighted by Crippen LogP contribution is -2.58. The highest BCUT2D eigenvalue weighted by Gasteiger charge is 2.43. The summed E-state index contributed by atoms with van der Waals surface area (Å²) in [6, 6.07) is 14.5. The van der Waals surface area contributed by atoms with Crippen LogP contribution in [-0.2, 0) is 37.5 Å². The van der Waals surface area contributed by atoms with Gasteiger partial charge in [-0.25, -0.2) is 5.14 Å². The lowest BCUT2D eigenvalue weighted by Gasteiger charge is -2.41. The highest BCUT2D eigenvalue weighted by atomic mass is 32.2. The SMILES string of the molecule is COCCCC1(C(=O)N2CCN(S(N)(=O)=O)CC2)CNC(=O)c2c3ccccc3nn2CCNC(=O)COc2cccc(c2)C1. The van der Waals surface area contributed by atoms with Crippen molar-refractivity contribution in [2.24, 2.45) is 10.6 Å². The number of nitrogens with two attached hydrogens (primary N) is 1. The highest BCUT2D eigenvalue weighted by molar-refractivity contribution is 7.86. The second-order valence-corrected chi connectivity index (χ2v) is 12.9.